The highest BCUT2D eigenvalue weighted by Crippen LogP contribution is 2.34. The number of nitrogens with zero attached hydrogens (tertiary/aromatic N) is 7. The molecule has 0 aromatic carbocycles. The van der Waals surface area contributed by atoms with E-state index >= 15 is 0 Å². The first-order valence-electron chi connectivity index (χ1n) is 10.4. The van der Waals surface area contributed by atoms with Crippen molar-refractivity contribution in [1.82, 2.24) is 39.6 Å². The van der Waals surface area contributed by atoms with Crippen LogP contribution >= 0.6 is 0 Å². The zero-order chi connectivity index (χ0) is 20.0. The first-order chi connectivity index (χ1) is 14.1. The molecular weight excluding hydrogens is 368 g/mol. The number of fused-ring (bicyclic) bond motifs is 1. The van der Waals surface area contributed by atoms with E-state index in [0.717, 1.165) is 35.7 Å². The molecule has 5 rings (SSSR count). The summed E-state index contributed by atoms with van der Waals surface area (Å²) in [6.07, 6.45) is 11.4. The van der Waals surface area contributed by atoms with Gasteiger partial charge in [0.25, 0.3) is 5.91 Å². The number of amides is 1. The van der Waals surface area contributed by atoms with Crippen molar-refractivity contribution >= 4 is 5.91 Å². The highest BCUT2D eigenvalue weighted by atomic mass is 16.2. The van der Waals surface area contributed by atoms with Crippen molar-refractivity contribution in [2.75, 3.05) is 6.54 Å². The monoisotopic (exact) mass is 394 g/mol. The van der Waals surface area contributed by atoms with E-state index in [1.54, 1.807) is 17.1 Å². The highest BCUT2D eigenvalue weighted by Gasteiger charge is 2.33. The van der Waals surface area contributed by atoms with E-state index in [4.69, 9.17) is 0 Å². The molecule has 0 unspecified atom stereocenters. The maximum atomic E-state index is 13.4. The summed E-state index contributed by atoms with van der Waals surface area (Å²) < 4.78 is 3.88. The SMILES string of the molecule is C[C@H]1CN(C(=O)c2cn[nH]c2C2CCCCC2)Cc2nnc(-c3cnn(C)c3)n21. The van der Waals surface area contributed by atoms with Gasteiger partial charge in [0.05, 0.1) is 41.8 Å². The summed E-state index contributed by atoms with van der Waals surface area (Å²) in [6, 6.07) is 0.0814. The van der Waals surface area contributed by atoms with E-state index in [-0.39, 0.29) is 11.9 Å². The molecule has 3 aromatic rings. The summed E-state index contributed by atoms with van der Waals surface area (Å²) in [5.41, 5.74) is 2.65. The zero-order valence-electron chi connectivity index (χ0n) is 16.9. The quantitative estimate of drug-likeness (QED) is 0.736. The number of hydrogen-bond donors (Lipinski definition) is 1. The minimum absolute atomic E-state index is 0.0309. The van der Waals surface area contributed by atoms with E-state index in [1.165, 1.54) is 19.3 Å². The van der Waals surface area contributed by atoms with Gasteiger partial charge < -0.3 is 9.47 Å². The van der Waals surface area contributed by atoms with Crippen LogP contribution in [0.15, 0.2) is 18.6 Å². The number of aryl methyl sites for hydroxylation is 1. The molecule has 3 aromatic heterocycles. The van der Waals surface area contributed by atoms with Crippen molar-refractivity contribution in [3.63, 3.8) is 0 Å². The topological polar surface area (TPSA) is 97.5 Å². The Morgan fingerprint density at radius 3 is 2.76 bits per heavy atom. The van der Waals surface area contributed by atoms with Crippen LogP contribution in [0.3, 0.4) is 0 Å². The molecule has 1 aliphatic heterocycles. The van der Waals surface area contributed by atoms with Gasteiger partial charge in [-0.2, -0.15) is 10.2 Å². The highest BCUT2D eigenvalue weighted by molar-refractivity contribution is 5.95. The van der Waals surface area contributed by atoms with Gasteiger partial charge >= 0.3 is 0 Å². The molecule has 1 N–H and O–H groups in total. The molecule has 1 aliphatic carbocycles. The van der Waals surface area contributed by atoms with E-state index in [2.05, 4.69) is 37.0 Å². The molecule has 29 heavy (non-hydrogen) atoms. The summed E-state index contributed by atoms with van der Waals surface area (Å²) in [5.74, 6) is 2.05. The predicted octanol–water partition coefficient (Wildman–Crippen LogP) is 2.67. The Bertz CT molecular complexity index is 1030. The number of nitrogens with one attached hydrogen (secondary N) is 1. The summed E-state index contributed by atoms with van der Waals surface area (Å²) in [6.45, 7) is 3.17. The van der Waals surface area contributed by atoms with E-state index in [9.17, 15) is 4.79 Å². The van der Waals surface area contributed by atoms with Gasteiger partial charge in [0.2, 0.25) is 0 Å². The molecule has 2 aliphatic rings. The predicted molar refractivity (Wildman–Crippen MR) is 106 cm³/mol. The molecule has 9 nitrogen and oxygen atoms in total. The van der Waals surface area contributed by atoms with Crippen molar-refractivity contribution in [1.29, 1.82) is 0 Å². The summed E-state index contributed by atoms with van der Waals surface area (Å²) >= 11 is 0. The average molecular weight is 394 g/mol. The fourth-order valence-electron chi connectivity index (χ4n) is 4.76. The summed E-state index contributed by atoms with van der Waals surface area (Å²) in [5, 5.41) is 20.3. The third-order valence-electron chi connectivity index (χ3n) is 6.19. The summed E-state index contributed by atoms with van der Waals surface area (Å²) in [7, 11) is 1.88. The third-order valence-corrected chi connectivity index (χ3v) is 6.19. The molecule has 0 saturated heterocycles. The second-order valence-corrected chi connectivity index (χ2v) is 8.28. The number of H-pyrrole nitrogens is 1. The molecule has 0 spiro atoms. The number of rotatable bonds is 3. The van der Waals surface area contributed by atoms with Gasteiger partial charge in [-0.1, -0.05) is 19.3 Å². The van der Waals surface area contributed by atoms with Crippen LogP contribution in [-0.4, -0.2) is 52.1 Å². The minimum atomic E-state index is 0.0309. The van der Waals surface area contributed by atoms with E-state index in [0.29, 0.717) is 24.6 Å². The van der Waals surface area contributed by atoms with E-state index < -0.39 is 0 Å². The Morgan fingerprint density at radius 2 is 2.00 bits per heavy atom. The molecule has 4 heterocycles. The van der Waals surface area contributed by atoms with Crippen LogP contribution in [0.4, 0.5) is 0 Å². The van der Waals surface area contributed by atoms with Crippen molar-refractivity contribution < 1.29 is 4.79 Å². The number of aromatic nitrogens is 7. The van der Waals surface area contributed by atoms with Crippen LogP contribution in [0.25, 0.3) is 11.4 Å². The van der Waals surface area contributed by atoms with Gasteiger partial charge in [0, 0.05) is 25.7 Å². The Kier molecular flexibility index (Phi) is 4.44. The van der Waals surface area contributed by atoms with Gasteiger partial charge in [-0.25, -0.2) is 0 Å². The van der Waals surface area contributed by atoms with Gasteiger partial charge in [-0.3, -0.25) is 14.6 Å². The minimum Gasteiger partial charge on any atom is -0.329 e. The van der Waals surface area contributed by atoms with E-state index in [1.807, 2.05) is 18.1 Å². The second kappa shape index (κ2) is 7.13. The van der Waals surface area contributed by atoms with Crippen molar-refractivity contribution in [3.05, 3.63) is 35.7 Å². The Morgan fingerprint density at radius 1 is 1.17 bits per heavy atom. The van der Waals surface area contributed by atoms with Crippen molar-refractivity contribution in [3.8, 4) is 11.4 Å². The zero-order valence-corrected chi connectivity index (χ0v) is 16.9. The second-order valence-electron chi connectivity index (χ2n) is 8.28. The van der Waals surface area contributed by atoms with Gasteiger partial charge in [0.15, 0.2) is 11.6 Å². The van der Waals surface area contributed by atoms with Crippen LogP contribution in [0.5, 0.6) is 0 Å². The number of carbonyl (C=O) groups excluding carboxylic acids is 1. The smallest absolute Gasteiger partial charge is 0.257 e. The van der Waals surface area contributed by atoms with Crippen molar-refractivity contribution in [2.24, 2.45) is 7.05 Å². The molecule has 9 heteroatoms. The number of aromatic amines is 1. The Balaban J connectivity index is 1.40. The fourth-order valence-corrected chi connectivity index (χ4v) is 4.76. The first kappa shape index (κ1) is 18.1. The van der Waals surface area contributed by atoms with Gasteiger partial charge in [-0.15, -0.1) is 10.2 Å². The molecule has 1 fully saturated rings. The molecule has 0 bridgehead atoms. The first-order valence-corrected chi connectivity index (χ1v) is 10.4. The van der Waals surface area contributed by atoms with Crippen LogP contribution in [0, 0.1) is 0 Å². The lowest BCUT2D eigenvalue weighted by Crippen LogP contribution is -2.40. The lowest BCUT2D eigenvalue weighted by atomic mass is 9.85. The van der Waals surface area contributed by atoms with Crippen LogP contribution in [-0.2, 0) is 13.6 Å². The maximum Gasteiger partial charge on any atom is 0.257 e. The normalized spacial score (nSPS) is 20.1. The number of hydrogen-bond acceptors (Lipinski definition) is 5. The Labute approximate surface area is 169 Å². The molecule has 1 amide bonds. The lowest BCUT2D eigenvalue weighted by Gasteiger charge is -2.33. The largest absolute Gasteiger partial charge is 0.329 e. The van der Waals surface area contributed by atoms with Gasteiger partial charge in [0.1, 0.15) is 0 Å². The lowest BCUT2D eigenvalue weighted by molar-refractivity contribution is 0.0680. The third kappa shape index (κ3) is 3.14. The molecular formula is C20H26N8O. The standard InChI is InChI=1S/C20H26N8O/c1-13-10-27(12-17-23-25-19(28(13)17)15-8-22-26(2)11-15)20(29)16-9-21-24-18(16)14-6-4-3-5-7-14/h8-9,11,13-14H,3-7,10,12H2,1-2H3,(H,21,24)/t13-/m0/s1. The molecule has 1 saturated carbocycles. The van der Waals surface area contributed by atoms with Crippen LogP contribution in [0.2, 0.25) is 0 Å². The fraction of sp³-hybridized carbons (Fsp3) is 0.550. The Hall–Kier alpha value is -2.97. The van der Waals surface area contributed by atoms with Crippen LogP contribution < -0.4 is 0 Å². The molecule has 1 atom stereocenters. The van der Waals surface area contributed by atoms with Crippen LogP contribution in [0.1, 0.15) is 72.9 Å². The maximum absolute atomic E-state index is 13.4. The molecule has 152 valence electrons. The van der Waals surface area contributed by atoms with Gasteiger partial charge in [-0.05, 0) is 19.8 Å². The van der Waals surface area contributed by atoms with Crippen molar-refractivity contribution in [2.45, 2.75) is 57.5 Å². The number of carbonyl (C=O) groups is 1. The molecule has 0 radical (unpaired) electrons. The summed E-state index contributed by atoms with van der Waals surface area (Å²) in [4.78, 5) is 15.2. The average Bonchev–Trinajstić information content (AvgIpc) is 3.47.